The van der Waals surface area contributed by atoms with Crippen LogP contribution in [0.1, 0.15) is 0 Å². The topological polar surface area (TPSA) is 113 Å². The summed E-state index contributed by atoms with van der Waals surface area (Å²) >= 11 is 0. The molecule has 2 aromatic heterocycles. The maximum atomic E-state index is 6.42. The van der Waals surface area contributed by atoms with Crippen LogP contribution in [0.2, 0.25) is 0 Å². The molecule has 2 aliphatic rings. The monoisotopic (exact) mass is 559 g/mol. The number of para-hydroxylation sites is 2. The van der Waals surface area contributed by atoms with Crippen LogP contribution in [0.4, 0.5) is 5.82 Å². The van der Waals surface area contributed by atoms with E-state index in [-0.39, 0.29) is 0 Å². The Morgan fingerprint density at radius 2 is 1.59 bits per heavy atom. The highest BCUT2D eigenvalue weighted by Crippen LogP contribution is 2.34. The van der Waals surface area contributed by atoms with Crippen molar-refractivity contribution in [2.24, 2.45) is 0 Å². The fraction of sp³-hybridized carbons (Fsp3) is 0.433. The highest BCUT2D eigenvalue weighted by molar-refractivity contribution is 5.82. The molecule has 41 heavy (non-hydrogen) atoms. The Morgan fingerprint density at radius 3 is 2.34 bits per heavy atom. The third kappa shape index (κ3) is 6.28. The van der Waals surface area contributed by atoms with Crippen molar-refractivity contribution in [3.63, 3.8) is 0 Å². The van der Waals surface area contributed by atoms with Crippen molar-refractivity contribution in [1.82, 2.24) is 29.3 Å². The molecule has 4 aromatic rings. The molecule has 0 bridgehead atoms. The van der Waals surface area contributed by atoms with Gasteiger partial charge in [-0.05, 0) is 30.3 Å². The van der Waals surface area contributed by atoms with Crippen molar-refractivity contribution in [2.75, 3.05) is 85.1 Å². The number of nitrogens with two attached hydrogens (primary N) is 1. The number of ether oxygens (including phenoxy) is 4. The number of nitrogens with zero attached hydrogens (tertiary/aromatic N) is 6. The summed E-state index contributed by atoms with van der Waals surface area (Å²) in [6.45, 7) is 9.83. The molecule has 2 aliphatic heterocycles. The predicted octanol–water partition coefficient (Wildman–Crippen LogP) is 2.79. The van der Waals surface area contributed by atoms with Crippen molar-refractivity contribution in [3.8, 4) is 34.3 Å². The first-order valence-corrected chi connectivity index (χ1v) is 14.2. The molecule has 2 saturated heterocycles. The van der Waals surface area contributed by atoms with Gasteiger partial charge in [0.15, 0.2) is 23.1 Å². The molecule has 2 N–H and O–H groups in total. The second kappa shape index (κ2) is 12.8. The molecule has 216 valence electrons. The molecule has 0 radical (unpaired) electrons. The van der Waals surface area contributed by atoms with E-state index in [1.54, 1.807) is 13.3 Å². The number of anilines is 1. The third-order valence-corrected chi connectivity index (χ3v) is 7.64. The molecular weight excluding hydrogens is 522 g/mol. The van der Waals surface area contributed by atoms with Crippen LogP contribution in [0.25, 0.3) is 33.8 Å². The fourth-order valence-corrected chi connectivity index (χ4v) is 5.31. The van der Waals surface area contributed by atoms with Gasteiger partial charge in [0.1, 0.15) is 12.3 Å². The molecule has 11 heteroatoms. The minimum atomic E-state index is 0.340. The minimum absolute atomic E-state index is 0.340. The zero-order chi connectivity index (χ0) is 28.0. The standard InChI is InChI=1S/C30H37N7O4/c1-38-27-20-22(6-7-26(27)41-19-14-36-12-17-40-18-13-36)24-21-32-29(31)28(33-24)30-34-23-4-2-3-5-25(23)37(30)9-8-35-10-15-39-16-11-35/h2-7,20-21H,8-19H2,1H3,(H2,31,32). The molecule has 0 unspecified atom stereocenters. The Balaban J connectivity index is 1.25. The predicted molar refractivity (Wildman–Crippen MR) is 157 cm³/mol. The van der Waals surface area contributed by atoms with E-state index < -0.39 is 0 Å². The number of nitrogen functional groups attached to an aromatic ring is 1. The maximum Gasteiger partial charge on any atom is 0.163 e. The normalized spacial score (nSPS) is 16.7. The first kappa shape index (κ1) is 27.4. The van der Waals surface area contributed by atoms with E-state index in [0.717, 1.165) is 88.8 Å². The third-order valence-electron chi connectivity index (χ3n) is 7.64. The van der Waals surface area contributed by atoms with Crippen LogP contribution in [0.15, 0.2) is 48.7 Å². The lowest BCUT2D eigenvalue weighted by atomic mass is 10.1. The number of hydrogen-bond acceptors (Lipinski definition) is 10. The molecule has 2 fully saturated rings. The molecule has 4 heterocycles. The Bertz CT molecular complexity index is 1460. The molecule has 0 aliphatic carbocycles. The molecule has 11 nitrogen and oxygen atoms in total. The molecule has 0 spiro atoms. The van der Waals surface area contributed by atoms with Gasteiger partial charge >= 0.3 is 0 Å². The second-order valence-electron chi connectivity index (χ2n) is 10.2. The van der Waals surface area contributed by atoms with Crippen molar-refractivity contribution in [2.45, 2.75) is 6.54 Å². The molecular formula is C30H37N7O4. The molecule has 0 atom stereocenters. The molecule has 6 rings (SSSR count). The maximum absolute atomic E-state index is 6.42. The number of methoxy groups -OCH3 is 1. The number of morpholine rings is 2. The van der Waals surface area contributed by atoms with Gasteiger partial charge in [-0.3, -0.25) is 9.80 Å². The number of benzene rings is 2. The highest BCUT2D eigenvalue weighted by Gasteiger charge is 2.20. The van der Waals surface area contributed by atoms with Crippen molar-refractivity contribution >= 4 is 16.9 Å². The number of hydrogen-bond donors (Lipinski definition) is 1. The van der Waals surface area contributed by atoms with Gasteiger partial charge < -0.3 is 29.2 Å². The van der Waals surface area contributed by atoms with E-state index in [1.165, 1.54) is 0 Å². The molecule has 0 amide bonds. The van der Waals surface area contributed by atoms with Gasteiger partial charge in [-0.2, -0.15) is 0 Å². The van der Waals surface area contributed by atoms with Crippen molar-refractivity contribution in [3.05, 3.63) is 48.7 Å². The summed E-state index contributed by atoms with van der Waals surface area (Å²) in [5.74, 6) is 2.38. The van der Waals surface area contributed by atoms with Crippen LogP contribution in [0.3, 0.4) is 0 Å². The van der Waals surface area contributed by atoms with E-state index in [2.05, 4.69) is 25.4 Å². The summed E-state index contributed by atoms with van der Waals surface area (Å²) in [5.41, 5.74) is 10.5. The van der Waals surface area contributed by atoms with E-state index in [9.17, 15) is 0 Å². The van der Waals surface area contributed by atoms with Crippen LogP contribution in [-0.4, -0.2) is 109 Å². The summed E-state index contributed by atoms with van der Waals surface area (Å²) in [6.07, 6.45) is 1.69. The average Bonchev–Trinajstić information content (AvgIpc) is 3.39. The molecule has 2 aromatic carbocycles. The zero-order valence-electron chi connectivity index (χ0n) is 23.5. The van der Waals surface area contributed by atoms with E-state index in [1.807, 2.05) is 36.4 Å². The van der Waals surface area contributed by atoms with Crippen LogP contribution in [0.5, 0.6) is 11.5 Å². The number of rotatable bonds is 10. The summed E-state index contributed by atoms with van der Waals surface area (Å²) in [4.78, 5) is 19.2. The highest BCUT2D eigenvalue weighted by atomic mass is 16.5. The van der Waals surface area contributed by atoms with Gasteiger partial charge in [0.25, 0.3) is 0 Å². The summed E-state index contributed by atoms with van der Waals surface area (Å²) < 4.78 is 24.9. The fourth-order valence-electron chi connectivity index (χ4n) is 5.31. The lowest BCUT2D eigenvalue weighted by molar-refractivity contribution is 0.0321. The second-order valence-corrected chi connectivity index (χ2v) is 10.2. The van der Waals surface area contributed by atoms with Crippen molar-refractivity contribution in [1.29, 1.82) is 0 Å². The quantitative estimate of drug-likeness (QED) is 0.311. The lowest BCUT2D eigenvalue weighted by Gasteiger charge is -2.27. The van der Waals surface area contributed by atoms with E-state index in [4.69, 9.17) is 34.6 Å². The van der Waals surface area contributed by atoms with E-state index >= 15 is 0 Å². The Hall–Kier alpha value is -3.77. The average molecular weight is 560 g/mol. The van der Waals surface area contributed by atoms with Crippen molar-refractivity contribution < 1.29 is 18.9 Å². The summed E-state index contributed by atoms with van der Waals surface area (Å²) in [5, 5.41) is 0. The Labute approximate surface area is 239 Å². The SMILES string of the molecule is COc1cc(-c2cnc(N)c(-c3nc4ccccc4n3CCN3CCOCC3)n2)ccc1OCCN1CCOCC1. The molecule has 0 saturated carbocycles. The van der Waals surface area contributed by atoms with Gasteiger partial charge in [0.05, 0.1) is 56.5 Å². The smallest absolute Gasteiger partial charge is 0.163 e. The summed E-state index contributed by atoms with van der Waals surface area (Å²) in [7, 11) is 1.64. The number of imidazole rings is 1. The lowest BCUT2D eigenvalue weighted by Crippen LogP contribution is -2.38. The number of aromatic nitrogens is 4. The van der Waals surface area contributed by atoms with Crippen LogP contribution in [-0.2, 0) is 16.0 Å². The zero-order valence-corrected chi connectivity index (χ0v) is 23.5. The van der Waals surface area contributed by atoms with Gasteiger partial charge in [-0.15, -0.1) is 0 Å². The van der Waals surface area contributed by atoms with Crippen LogP contribution >= 0.6 is 0 Å². The van der Waals surface area contributed by atoms with E-state index in [0.29, 0.717) is 41.1 Å². The number of fused-ring (bicyclic) bond motifs is 1. The van der Waals surface area contributed by atoms with Crippen LogP contribution in [0, 0.1) is 0 Å². The summed E-state index contributed by atoms with van der Waals surface area (Å²) in [6, 6.07) is 13.9. The first-order chi connectivity index (χ1) is 20.2. The van der Waals surface area contributed by atoms with Gasteiger partial charge in [-0.25, -0.2) is 15.0 Å². The first-order valence-electron chi connectivity index (χ1n) is 14.2. The van der Waals surface area contributed by atoms with Gasteiger partial charge in [0.2, 0.25) is 0 Å². The largest absolute Gasteiger partial charge is 0.493 e. The van der Waals surface area contributed by atoms with Gasteiger partial charge in [-0.1, -0.05) is 12.1 Å². The van der Waals surface area contributed by atoms with Crippen LogP contribution < -0.4 is 15.2 Å². The Morgan fingerprint density at radius 1 is 0.854 bits per heavy atom. The minimum Gasteiger partial charge on any atom is -0.493 e. The Kier molecular flexibility index (Phi) is 8.57. The van der Waals surface area contributed by atoms with Gasteiger partial charge in [0, 0.05) is 51.4 Å².